The van der Waals surface area contributed by atoms with Gasteiger partial charge < -0.3 is 10.1 Å². The van der Waals surface area contributed by atoms with Crippen LogP contribution in [0.3, 0.4) is 0 Å². The number of carbonyl (C=O) groups excluding carboxylic acids is 1. The molecule has 7 nitrogen and oxygen atoms in total. The van der Waals surface area contributed by atoms with Crippen molar-refractivity contribution in [2.24, 2.45) is 4.99 Å². The van der Waals surface area contributed by atoms with Crippen molar-refractivity contribution in [2.75, 3.05) is 19.0 Å². The third-order valence-corrected chi connectivity index (χ3v) is 5.93. The van der Waals surface area contributed by atoms with Crippen LogP contribution < -0.4 is 14.8 Å². The molecule has 1 aliphatic rings. The van der Waals surface area contributed by atoms with E-state index in [4.69, 9.17) is 4.74 Å². The molecule has 3 rings (SSSR count). The van der Waals surface area contributed by atoms with Gasteiger partial charge in [0.2, 0.25) is 5.91 Å². The Balaban J connectivity index is 1.68. The van der Waals surface area contributed by atoms with Crippen molar-refractivity contribution < 1.29 is 17.9 Å². The predicted molar refractivity (Wildman–Crippen MR) is 113 cm³/mol. The molecule has 2 aromatic carbocycles. The number of sulfonamides is 1. The van der Waals surface area contributed by atoms with Gasteiger partial charge in [0.05, 0.1) is 18.4 Å². The second-order valence-corrected chi connectivity index (χ2v) is 8.53. The van der Waals surface area contributed by atoms with Gasteiger partial charge in [-0.25, -0.2) is 8.42 Å². The fourth-order valence-electron chi connectivity index (χ4n) is 3.09. The number of nitrogens with one attached hydrogen (secondary N) is 2. The van der Waals surface area contributed by atoms with Crippen molar-refractivity contribution in [3.05, 3.63) is 54.1 Å². The molecule has 0 atom stereocenters. The van der Waals surface area contributed by atoms with E-state index in [0.29, 0.717) is 30.2 Å². The van der Waals surface area contributed by atoms with Crippen LogP contribution in [0.15, 0.2) is 58.4 Å². The zero-order chi connectivity index (χ0) is 20.7. The summed E-state index contributed by atoms with van der Waals surface area (Å²) in [5.74, 6) is 0.930. The number of hydrogen-bond donors (Lipinski definition) is 2. The normalized spacial score (nSPS) is 14.4. The van der Waals surface area contributed by atoms with Crippen LogP contribution in [0.4, 0.5) is 5.69 Å². The summed E-state index contributed by atoms with van der Waals surface area (Å²) in [7, 11) is -2.18. The van der Waals surface area contributed by atoms with Gasteiger partial charge in [0.25, 0.3) is 10.0 Å². The average molecular weight is 416 g/mol. The van der Waals surface area contributed by atoms with Crippen LogP contribution in [0.25, 0.3) is 0 Å². The SMILES string of the molecule is COc1cccc(CC(=O)Nc2cccc(S(=O)(=O)NC3=NCCCCC3)c2)c1. The second-order valence-electron chi connectivity index (χ2n) is 6.85. The van der Waals surface area contributed by atoms with Crippen molar-refractivity contribution >= 4 is 27.5 Å². The molecule has 0 aromatic heterocycles. The standard InChI is InChI=1S/C21H25N3O4S/c1-28-18-9-5-7-16(13-18)14-21(25)23-17-8-6-10-19(15-17)29(26,27)24-20-11-3-2-4-12-22-20/h5-10,13,15H,2-4,11-12,14H2,1H3,(H,22,24)(H,23,25). The zero-order valence-corrected chi connectivity index (χ0v) is 17.2. The molecule has 0 spiro atoms. The number of amides is 1. The largest absolute Gasteiger partial charge is 0.497 e. The number of rotatable bonds is 6. The summed E-state index contributed by atoms with van der Waals surface area (Å²) in [4.78, 5) is 16.8. The van der Waals surface area contributed by atoms with Crippen LogP contribution in [0.5, 0.6) is 5.75 Å². The Hall–Kier alpha value is -2.87. The maximum atomic E-state index is 12.7. The smallest absolute Gasteiger partial charge is 0.262 e. The molecule has 0 saturated heterocycles. The molecule has 154 valence electrons. The van der Waals surface area contributed by atoms with Crippen molar-refractivity contribution in [3.63, 3.8) is 0 Å². The molecule has 29 heavy (non-hydrogen) atoms. The highest BCUT2D eigenvalue weighted by Gasteiger charge is 2.18. The molecular formula is C21H25N3O4S. The molecule has 0 unspecified atom stereocenters. The van der Waals surface area contributed by atoms with Crippen molar-refractivity contribution in [1.29, 1.82) is 0 Å². The molecule has 0 bridgehead atoms. The lowest BCUT2D eigenvalue weighted by Crippen LogP contribution is -2.30. The molecule has 1 amide bonds. The van der Waals surface area contributed by atoms with E-state index >= 15 is 0 Å². The minimum absolute atomic E-state index is 0.0867. The summed E-state index contributed by atoms with van der Waals surface area (Å²) in [6, 6.07) is 13.5. The lowest BCUT2D eigenvalue weighted by atomic mass is 10.1. The van der Waals surface area contributed by atoms with E-state index < -0.39 is 10.0 Å². The van der Waals surface area contributed by atoms with Gasteiger partial charge in [0.1, 0.15) is 11.6 Å². The van der Waals surface area contributed by atoms with E-state index in [2.05, 4.69) is 15.0 Å². The van der Waals surface area contributed by atoms with E-state index in [1.165, 1.54) is 12.1 Å². The highest BCUT2D eigenvalue weighted by molar-refractivity contribution is 7.90. The zero-order valence-electron chi connectivity index (χ0n) is 16.3. The molecule has 2 aromatic rings. The predicted octanol–water partition coefficient (Wildman–Crippen LogP) is 3.13. The first-order valence-electron chi connectivity index (χ1n) is 9.55. The van der Waals surface area contributed by atoms with Gasteiger partial charge in [-0.2, -0.15) is 0 Å². The minimum Gasteiger partial charge on any atom is -0.497 e. The quantitative estimate of drug-likeness (QED) is 0.757. The van der Waals surface area contributed by atoms with Crippen LogP contribution >= 0.6 is 0 Å². The van der Waals surface area contributed by atoms with Crippen LogP contribution in [0.1, 0.15) is 31.2 Å². The lowest BCUT2D eigenvalue weighted by molar-refractivity contribution is -0.115. The molecule has 0 fully saturated rings. The highest BCUT2D eigenvalue weighted by atomic mass is 32.2. The summed E-state index contributed by atoms with van der Waals surface area (Å²) < 4.78 is 33.1. The second kappa shape index (κ2) is 9.56. The van der Waals surface area contributed by atoms with Crippen molar-refractivity contribution in [3.8, 4) is 5.75 Å². The number of nitrogens with zero attached hydrogens (tertiary/aromatic N) is 1. The summed E-state index contributed by atoms with van der Waals surface area (Å²) in [5, 5.41) is 2.75. The minimum atomic E-state index is -3.75. The number of benzene rings is 2. The Morgan fingerprint density at radius 3 is 2.76 bits per heavy atom. The van der Waals surface area contributed by atoms with Crippen LogP contribution in [-0.2, 0) is 21.2 Å². The van der Waals surface area contributed by atoms with Gasteiger partial charge in [0, 0.05) is 18.7 Å². The van der Waals surface area contributed by atoms with Gasteiger partial charge in [-0.1, -0.05) is 24.6 Å². The lowest BCUT2D eigenvalue weighted by Gasteiger charge is -2.11. The Morgan fingerprint density at radius 2 is 1.93 bits per heavy atom. The fourth-order valence-corrected chi connectivity index (χ4v) is 4.22. The van der Waals surface area contributed by atoms with E-state index in [0.717, 1.165) is 24.8 Å². The van der Waals surface area contributed by atoms with Crippen LogP contribution in [0, 0.1) is 0 Å². The number of aliphatic imine (C=N–C) groups is 1. The van der Waals surface area contributed by atoms with Gasteiger partial charge >= 0.3 is 0 Å². The Labute approximate surface area is 171 Å². The summed E-state index contributed by atoms with van der Waals surface area (Å²) >= 11 is 0. The van der Waals surface area contributed by atoms with Crippen molar-refractivity contribution in [2.45, 2.75) is 37.0 Å². The summed E-state index contributed by atoms with van der Waals surface area (Å²) in [6.07, 6.45) is 3.71. The Morgan fingerprint density at radius 1 is 1.10 bits per heavy atom. The number of ether oxygens (including phenoxy) is 1. The summed E-state index contributed by atoms with van der Waals surface area (Å²) in [6.45, 7) is 0.637. The first kappa shape index (κ1) is 20.9. The molecule has 8 heteroatoms. The molecule has 0 radical (unpaired) electrons. The van der Waals surface area contributed by atoms with Crippen molar-refractivity contribution in [1.82, 2.24) is 4.72 Å². The molecule has 0 saturated carbocycles. The first-order chi connectivity index (χ1) is 14.0. The molecule has 0 aliphatic carbocycles. The maximum Gasteiger partial charge on any atom is 0.262 e. The molecule has 1 heterocycles. The van der Waals surface area contributed by atoms with Gasteiger partial charge in [-0.05, 0) is 48.7 Å². The van der Waals surface area contributed by atoms with E-state index in [9.17, 15) is 13.2 Å². The number of hydrogen-bond acceptors (Lipinski definition) is 5. The number of amidine groups is 1. The topological polar surface area (TPSA) is 96.9 Å². The Kier molecular flexibility index (Phi) is 6.87. The third kappa shape index (κ3) is 6.05. The van der Waals surface area contributed by atoms with Crippen LogP contribution in [-0.4, -0.2) is 33.8 Å². The van der Waals surface area contributed by atoms with Gasteiger partial charge in [0.15, 0.2) is 0 Å². The summed E-state index contributed by atoms with van der Waals surface area (Å²) in [5.41, 5.74) is 1.22. The first-order valence-corrected chi connectivity index (χ1v) is 11.0. The highest BCUT2D eigenvalue weighted by Crippen LogP contribution is 2.18. The molecule has 2 N–H and O–H groups in total. The van der Waals surface area contributed by atoms with Gasteiger partial charge in [-0.15, -0.1) is 0 Å². The van der Waals surface area contributed by atoms with Crippen LogP contribution in [0.2, 0.25) is 0 Å². The average Bonchev–Trinajstić information content (AvgIpc) is 2.96. The number of anilines is 1. The number of methoxy groups -OCH3 is 1. The Bertz CT molecular complexity index is 1000. The fraction of sp³-hybridized carbons (Fsp3) is 0.333. The molecule has 1 aliphatic heterocycles. The molecular weight excluding hydrogens is 390 g/mol. The third-order valence-electron chi connectivity index (χ3n) is 4.55. The van der Waals surface area contributed by atoms with E-state index in [1.807, 2.05) is 12.1 Å². The van der Waals surface area contributed by atoms with E-state index in [-0.39, 0.29) is 17.2 Å². The monoisotopic (exact) mass is 415 g/mol. The maximum absolute atomic E-state index is 12.7. The van der Waals surface area contributed by atoms with E-state index in [1.54, 1.807) is 31.4 Å². The number of carbonyl (C=O) groups is 1. The van der Waals surface area contributed by atoms with Gasteiger partial charge in [-0.3, -0.25) is 14.5 Å².